The standard InChI is InChI=1S/C27H25N3O3S2/c1-27(2,16-31)32-9-8-30(3)25-13-18-10-17-11-20(34-23(17)14-24(18)35-25)12-19(15-28)26-29-21-6-4-5-7-22(21)33-26/h4-7,10-14,31H,8-9,16H2,1-3H3/b19-12+. The summed E-state index contributed by atoms with van der Waals surface area (Å²) in [5.41, 5.74) is 1.29. The minimum atomic E-state index is -0.524. The molecule has 0 saturated heterocycles. The molecule has 0 saturated carbocycles. The molecule has 0 atom stereocenters. The van der Waals surface area contributed by atoms with Crippen molar-refractivity contribution in [1.29, 1.82) is 5.26 Å². The number of likely N-dealkylation sites (N-methyl/N-ethyl adjacent to an activating group) is 1. The van der Waals surface area contributed by atoms with Crippen molar-refractivity contribution >= 4 is 70.6 Å². The lowest BCUT2D eigenvalue weighted by Crippen LogP contribution is -2.33. The summed E-state index contributed by atoms with van der Waals surface area (Å²) in [6, 6.07) is 18.5. The van der Waals surface area contributed by atoms with Crippen molar-refractivity contribution in [3.05, 3.63) is 59.3 Å². The zero-order chi connectivity index (χ0) is 24.6. The van der Waals surface area contributed by atoms with Gasteiger partial charge in [-0.15, -0.1) is 22.7 Å². The number of thiophene rings is 2. The number of para-hydroxylation sites is 2. The molecule has 1 N–H and O–H groups in total. The molecular weight excluding hydrogens is 478 g/mol. The first-order valence-corrected chi connectivity index (χ1v) is 12.9. The number of ether oxygens (including phenoxy) is 1. The van der Waals surface area contributed by atoms with Crippen molar-refractivity contribution < 1.29 is 14.3 Å². The van der Waals surface area contributed by atoms with Crippen molar-refractivity contribution in [2.75, 3.05) is 31.7 Å². The molecule has 0 radical (unpaired) electrons. The Morgan fingerprint density at radius 1 is 1.17 bits per heavy atom. The highest BCUT2D eigenvalue weighted by Crippen LogP contribution is 2.38. The van der Waals surface area contributed by atoms with E-state index in [0.29, 0.717) is 23.7 Å². The molecule has 35 heavy (non-hydrogen) atoms. The van der Waals surface area contributed by atoms with E-state index < -0.39 is 5.60 Å². The third kappa shape index (κ3) is 4.95. The molecule has 0 aliphatic rings. The van der Waals surface area contributed by atoms with Crippen molar-refractivity contribution in [2.45, 2.75) is 19.4 Å². The molecule has 8 heteroatoms. The molecule has 0 spiro atoms. The van der Waals surface area contributed by atoms with Crippen LogP contribution in [0.3, 0.4) is 0 Å². The number of allylic oxidation sites excluding steroid dienone is 1. The van der Waals surface area contributed by atoms with E-state index in [-0.39, 0.29) is 6.61 Å². The Bertz CT molecular complexity index is 1500. The number of benzene rings is 2. The molecule has 5 aromatic rings. The van der Waals surface area contributed by atoms with E-state index in [4.69, 9.17) is 9.15 Å². The second kappa shape index (κ2) is 9.44. The number of anilines is 1. The smallest absolute Gasteiger partial charge is 0.238 e. The van der Waals surface area contributed by atoms with Crippen LogP contribution in [-0.4, -0.2) is 42.5 Å². The van der Waals surface area contributed by atoms with Gasteiger partial charge in [0, 0.05) is 27.9 Å². The number of oxazole rings is 1. The van der Waals surface area contributed by atoms with Gasteiger partial charge in [-0.25, -0.2) is 4.98 Å². The highest BCUT2D eigenvalue weighted by Gasteiger charge is 2.17. The number of nitriles is 1. The number of rotatable bonds is 8. The van der Waals surface area contributed by atoms with Crippen LogP contribution in [0.2, 0.25) is 0 Å². The summed E-state index contributed by atoms with van der Waals surface area (Å²) >= 11 is 3.39. The first-order chi connectivity index (χ1) is 16.8. The molecule has 178 valence electrons. The predicted molar refractivity (Wildman–Crippen MR) is 145 cm³/mol. The van der Waals surface area contributed by atoms with Crippen LogP contribution in [0.15, 0.2) is 52.9 Å². The number of fused-ring (bicyclic) bond motifs is 3. The average Bonchev–Trinajstić information content (AvgIpc) is 3.56. The number of nitrogens with zero attached hydrogens (tertiary/aromatic N) is 3. The zero-order valence-electron chi connectivity index (χ0n) is 19.7. The van der Waals surface area contributed by atoms with E-state index in [1.54, 1.807) is 22.7 Å². The number of aliphatic hydroxyl groups is 1. The summed E-state index contributed by atoms with van der Waals surface area (Å²) in [6.07, 6.45) is 1.84. The number of aliphatic hydroxyl groups excluding tert-OH is 1. The number of hydrogen-bond donors (Lipinski definition) is 1. The van der Waals surface area contributed by atoms with Gasteiger partial charge in [-0.3, -0.25) is 0 Å². The molecule has 3 aromatic heterocycles. The fraction of sp³-hybridized carbons (Fsp3) is 0.259. The summed E-state index contributed by atoms with van der Waals surface area (Å²) in [6.45, 7) is 5.06. The van der Waals surface area contributed by atoms with E-state index >= 15 is 0 Å². The third-order valence-electron chi connectivity index (χ3n) is 5.77. The van der Waals surface area contributed by atoms with Gasteiger partial charge in [0.05, 0.1) is 23.8 Å². The Labute approximate surface area is 211 Å². The zero-order valence-corrected chi connectivity index (χ0v) is 21.4. The minimum Gasteiger partial charge on any atom is -0.435 e. The van der Waals surface area contributed by atoms with Gasteiger partial charge in [-0.05, 0) is 67.1 Å². The molecule has 6 nitrogen and oxygen atoms in total. The van der Waals surface area contributed by atoms with Gasteiger partial charge in [0.2, 0.25) is 5.89 Å². The lowest BCUT2D eigenvalue weighted by atomic mass is 10.1. The average molecular weight is 504 g/mol. The summed E-state index contributed by atoms with van der Waals surface area (Å²) in [5, 5.41) is 22.6. The Hall–Kier alpha value is -3.22. The lowest BCUT2D eigenvalue weighted by Gasteiger charge is -2.24. The van der Waals surface area contributed by atoms with Crippen molar-refractivity contribution in [3.8, 4) is 6.07 Å². The summed E-state index contributed by atoms with van der Waals surface area (Å²) in [5.74, 6) is 0.339. The topological polar surface area (TPSA) is 82.5 Å². The van der Waals surface area contributed by atoms with Crippen LogP contribution in [0.4, 0.5) is 5.00 Å². The van der Waals surface area contributed by atoms with Crippen LogP contribution < -0.4 is 4.90 Å². The summed E-state index contributed by atoms with van der Waals surface area (Å²) in [7, 11) is 2.06. The Morgan fingerprint density at radius 3 is 2.71 bits per heavy atom. The quantitative estimate of drug-likeness (QED) is 0.242. The van der Waals surface area contributed by atoms with Crippen molar-refractivity contribution in [3.63, 3.8) is 0 Å². The highest BCUT2D eigenvalue weighted by molar-refractivity contribution is 7.24. The highest BCUT2D eigenvalue weighted by atomic mass is 32.1. The van der Waals surface area contributed by atoms with Crippen LogP contribution in [-0.2, 0) is 4.74 Å². The Kier molecular flexibility index (Phi) is 6.34. The fourth-order valence-electron chi connectivity index (χ4n) is 3.73. The third-order valence-corrected chi connectivity index (χ3v) is 8.03. The van der Waals surface area contributed by atoms with Gasteiger partial charge in [0.25, 0.3) is 0 Å². The minimum absolute atomic E-state index is 0.00182. The van der Waals surface area contributed by atoms with E-state index in [2.05, 4.69) is 47.3 Å². The molecule has 0 fully saturated rings. The Morgan fingerprint density at radius 2 is 1.94 bits per heavy atom. The fourth-order valence-corrected chi connectivity index (χ4v) is 5.90. The SMILES string of the molecule is CN(CCOC(C)(C)CO)c1cc2cc3cc(/C=C(\C#N)c4nc5ccccc5o4)sc3cc2s1. The molecule has 0 aliphatic carbocycles. The largest absolute Gasteiger partial charge is 0.435 e. The van der Waals surface area contributed by atoms with Gasteiger partial charge >= 0.3 is 0 Å². The second-order valence-corrected chi connectivity index (χ2v) is 11.2. The van der Waals surface area contributed by atoms with Crippen LogP contribution in [0.25, 0.3) is 42.9 Å². The van der Waals surface area contributed by atoms with Crippen molar-refractivity contribution in [1.82, 2.24) is 4.98 Å². The number of hydrogen-bond acceptors (Lipinski definition) is 8. The molecule has 0 bridgehead atoms. The molecule has 3 heterocycles. The molecule has 0 amide bonds. The van der Waals surface area contributed by atoms with Crippen LogP contribution in [0, 0.1) is 11.3 Å². The molecule has 2 aromatic carbocycles. The molecular formula is C27H25N3O3S2. The summed E-state index contributed by atoms with van der Waals surface area (Å²) < 4.78 is 13.9. The second-order valence-electron chi connectivity index (χ2n) is 9.01. The molecule has 5 rings (SSSR count). The number of aromatic nitrogens is 1. The van der Waals surface area contributed by atoms with E-state index in [0.717, 1.165) is 22.3 Å². The van der Waals surface area contributed by atoms with E-state index in [9.17, 15) is 10.4 Å². The van der Waals surface area contributed by atoms with Gasteiger partial charge in [-0.1, -0.05) is 12.1 Å². The van der Waals surface area contributed by atoms with Crippen LogP contribution >= 0.6 is 22.7 Å². The van der Waals surface area contributed by atoms with Gasteiger partial charge in [-0.2, -0.15) is 5.26 Å². The molecule has 0 aliphatic heterocycles. The maximum absolute atomic E-state index is 9.73. The van der Waals surface area contributed by atoms with E-state index in [1.165, 1.54) is 19.8 Å². The monoisotopic (exact) mass is 503 g/mol. The Balaban J connectivity index is 1.38. The van der Waals surface area contributed by atoms with Crippen LogP contribution in [0.1, 0.15) is 24.6 Å². The van der Waals surface area contributed by atoms with E-state index in [1.807, 2.05) is 44.2 Å². The van der Waals surface area contributed by atoms with Gasteiger partial charge in [0.1, 0.15) is 17.2 Å². The maximum Gasteiger partial charge on any atom is 0.238 e. The first-order valence-electron chi connectivity index (χ1n) is 11.3. The lowest BCUT2D eigenvalue weighted by molar-refractivity contribution is -0.0500. The normalized spacial score (nSPS) is 12.6. The first kappa shape index (κ1) is 23.5. The maximum atomic E-state index is 9.73. The van der Waals surface area contributed by atoms with Gasteiger partial charge < -0.3 is 19.2 Å². The van der Waals surface area contributed by atoms with Gasteiger partial charge in [0.15, 0.2) is 5.58 Å². The predicted octanol–water partition coefficient (Wildman–Crippen LogP) is 6.55. The van der Waals surface area contributed by atoms with Crippen LogP contribution in [0.5, 0.6) is 0 Å². The van der Waals surface area contributed by atoms with Crippen molar-refractivity contribution in [2.24, 2.45) is 0 Å². The molecule has 0 unspecified atom stereocenters. The summed E-state index contributed by atoms with van der Waals surface area (Å²) in [4.78, 5) is 7.62.